The van der Waals surface area contributed by atoms with Crippen LogP contribution in [0.4, 0.5) is 5.69 Å². The highest BCUT2D eigenvalue weighted by atomic mass is 16.5. The van der Waals surface area contributed by atoms with Gasteiger partial charge in [0.1, 0.15) is 0 Å². The molecule has 4 rings (SSSR count). The highest BCUT2D eigenvalue weighted by Crippen LogP contribution is 2.31. The molecule has 5 nitrogen and oxygen atoms in total. The van der Waals surface area contributed by atoms with E-state index in [1.54, 1.807) is 12.1 Å². The monoisotopic (exact) mass is 331 g/mol. The third-order valence-corrected chi connectivity index (χ3v) is 4.30. The number of methoxy groups -OCH3 is 1. The van der Waals surface area contributed by atoms with Gasteiger partial charge in [-0.05, 0) is 41.1 Å². The van der Waals surface area contributed by atoms with Crippen LogP contribution in [0.1, 0.15) is 31.1 Å². The van der Waals surface area contributed by atoms with Gasteiger partial charge in [-0.1, -0.05) is 30.3 Å². The first-order valence-electron chi connectivity index (χ1n) is 7.70. The molecule has 1 aliphatic rings. The predicted molar refractivity (Wildman–Crippen MR) is 92.9 cm³/mol. The van der Waals surface area contributed by atoms with Gasteiger partial charge in [-0.3, -0.25) is 9.59 Å². The molecule has 2 amide bonds. The van der Waals surface area contributed by atoms with Gasteiger partial charge in [0.25, 0.3) is 11.8 Å². The minimum atomic E-state index is -0.549. The minimum Gasteiger partial charge on any atom is -0.465 e. The zero-order valence-electron chi connectivity index (χ0n) is 13.4. The standard InChI is InChI=1S/C20H13NO4/c1-25-20(24)14-7-9-16-17(11-14)19(23)21(18(16)22)15-8-6-12-4-2-3-5-13(12)10-15/h2-11H,1H3. The lowest BCUT2D eigenvalue weighted by Crippen LogP contribution is -2.29. The van der Waals surface area contributed by atoms with Crippen molar-refractivity contribution < 1.29 is 19.1 Å². The minimum absolute atomic E-state index is 0.209. The summed E-state index contributed by atoms with van der Waals surface area (Å²) in [6, 6.07) is 17.5. The first-order valence-corrected chi connectivity index (χ1v) is 7.70. The fourth-order valence-electron chi connectivity index (χ4n) is 3.04. The fourth-order valence-corrected chi connectivity index (χ4v) is 3.04. The summed E-state index contributed by atoms with van der Waals surface area (Å²) in [6.07, 6.45) is 0. The fraction of sp³-hybridized carbons (Fsp3) is 0.0500. The SMILES string of the molecule is COC(=O)c1ccc2c(c1)C(=O)N(c1ccc3ccccc3c1)C2=O. The van der Waals surface area contributed by atoms with Crippen LogP contribution in [0.5, 0.6) is 0 Å². The topological polar surface area (TPSA) is 63.7 Å². The number of fused-ring (bicyclic) bond motifs is 2. The van der Waals surface area contributed by atoms with Gasteiger partial charge in [-0.15, -0.1) is 0 Å². The molecule has 3 aromatic rings. The van der Waals surface area contributed by atoms with Crippen molar-refractivity contribution >= 4 is 34.2 Å². The number of anilines is 1. The molecule has 3 aromatic carbocycles. The van der Waals surface area contributed by atoms with Crippen LogP contribution in [0.15, 0.2) is 60.7 Å². The van der Waals surface area contributed by atoms with Crippen LogP contribution in [0.2, 0.25) is 0 Å². The number of nitrogens with zero attached hydrogens (tertiary/aromatic N) is 1. The van der Waals surface area contributed by atoms with E-state index in [-0.39, 0.29) is 16.7 Å². The number of carbonyl (C=O) groups is 3. The molecule has 0 atom stereocenters. The summed E-state index contributed by atoms with van der Waals surface area (Å²) in [5.74, 6) is -1.39. The van der Waals surface area contributed by atoms with E-state index in [2.05, 4.69) is 4.74 Å². The van der Waals surface area contributed by atoms with Crippen molar-refractivity contribution in [2.24, 2.45) is 0 Å². The van der Waals surface area contributed by atoms with Crippen LogP contribution in [0.3, 0.4) is 0 Å². The quantitative estimate of drug-likeness (QED) is 0.533. The van der Waals surface area contributed by atoms with Gasteiger partial charge in [-0.2, -0.15) is 0 Å². The molecule has 0 N–H and O–H groups in total. The molecule has 0 spiro atoms. The molecule has 122 valence electrons. The smallest absolute Gasteiger partial charge is 0.337 e. The summed E-state index contributed by atoms with van der Waals surface area (Å²) in [4.78, 5) is 38.2. The molecule has 0 fully saturated rings. The Morgan fingerprint density at radius 3 is 2.32 bits per heavy atom. The maximum absolute atomic E-state index is 12.8. The normalized spacial score (nSPS) is 13.2. The van der Waals surface area contributed by atoms with Crippen molar-refractivity contribution in [3.8, 4) is 0 Å². The lowest BCUT2D eigenvalue weighted by Gasteiger charge is -2.14. The van der Waals surface area contributed by atoms with E-state index in [0.29, 0.717) is 5.69 Å². The number of imide groups is 1. The Morgan fingerprint density at radius 2 is 1.56 bits per heavy atom. The second-order valence-electron chi connectivity index (χ2n) is 5.73. The third-order valence-electron chi connectivity index (χ3n) is 4.30. The molecular weight excluding hydrogens is 318 g/mol. The van der Waals surface area contributed by atoms with Gasteiger partial charge in [-0.25, -0.2) is 9.69 Å². The number of hydrogen-bond donors (Lipinski definition) is 0. The number of carbonyl (C=O) groups excluding carboxylic acids is 3. The van der Waals surface area contributed by atoms with Crippen LogP contribution in [-0.4, -0.2) is 24.9 Å². The summed E-state index contributed by atoms with van der Waals surface area (Å²) < 4.78 is 4.67. The molecule has 0 unspecified atom stereocenters. The molecular formula is C20H13NO4. The second kappa shape index (κ2) is 5.56. The van der Waals surface area contributed by atoms with Crippen LogP contribution in [0, 0.1) is 0 Å². The van der Waals surface area contributed by atoms with Gasteiger partial charge >= 0.3 is 5.97 Å². The number of esters is 1. The maximum Gasteiger partial charge on any atom is 0.337 e. The van der Waals surface area contributed by atoms with Gasteiger partial charge in [0, 0.05) is 0 Å². The van der Waals surface area contributed by atoms with Gasteiger partial charge in [0.2, 0.25) is 0 Å². The first kappa shape index (κ1) is 15.1. The summed E-state index contributed by atoms with van der Waals surface area (Å²) in [7, 11) is 1.27. The molecule has 1 aliphatic heterocycles. The zero-order chi connectivity index (χ0) is 17.6. The Hall–Kier alpha value is -3.47. The number of benzene rings is 3. The summed E-state index contributed by atoms with van der Waals surface area (Å²) in [5, 5.41) is 1.96. The van der Waals surface area contributed by atoms with E-state index in [4.69, 9.17) is 0 Å². The highest BCUT2D eigenvalue weighted by Gasteiger charge is 2.37. The Bertz CT molecular complexity index is 1050. The number of hydrogen-bond acceptors (Lipinski definition) is 4. The Morgan fingerprint density at radius 1 is 0.840 bits per heavy atom. The second-order valence-corrected chi connectivity index (χ2v) is 5.73. The van der Waals surface area contributed by atoms with Crippen LogP contribution in [0.25, 0.3) is 10.8 Å². The van der Waals surface area contributed by atoms with E-state index < -0.39 is 17.8 Å². The lowest BCUT2D eigenvalue weighted by atomic mass is 10.1. The van der Waals surface area contributed by atoms with Crippen LogP contribution in [-0.2, 0) is 4.74 Å². The average Bonchev–Trinajstić information content (AvgIpc) is 2.91. The van der Waals surface area contributed by atoms with Crippen LogP contribution < -0.4 is 4.90 Å². The molecule has 5 heteroatoms. The molecule has 0 bridgehead atoms. The third kappa shape index (κ3) is 2.29. The number of amides is 2. The Labute approximate surface area is 143 Å². The summed E-state index contributed by atoms with van der Waals surface area (Å²) in [6.45, 7) is 0. The first-order chi connectivity index (χ1) is 12.1. The molecule has 0 aromatic heterocycles. The molecule has 1 heterocycles. The van der Waals surface area contributed by atoms with Gasteiger partial charge in [0.05, 0.1) is 29.5 Å². The summed E-state index contributed by atoms with van der Waals surface area (Å²) in [5.41, 5.74) is 1.24. The highest BCUT2D eigenvalue weighted by molar-refractivity contribution is 6.35. The summed E-state index contributed by atoms with van der Waals surface area (Å²) >= 11 is 0. The largest absolute Gasteiger partial charge is 0.465 e. The van der Waals surface area contributed by atoms with Gasteiger partial charge in [0.15, 0.2) is 0 Å². The number of ether oxygens (including phenoxy) is 1. The number of rotatable bonds is 2. The van der Waals surface area contributed by atoms with Crippen molar-refractivity contribution in [3.05, 3.63) is 77.4 Å². The predicted octanol–water partition coefficient (Wildman–Crippen LogP) is 3.43. The molecule has 0 saturated carbocycles. The molecule has 0 aliphatic carbocycles. The van der Waals surface area contributed by atoms with Crippen LogP contribution >= 0.6 is 0 Å². The van der Waals surface area contributed by atoms with Crippen molar-refractivity contribution in [2.45, 2.75) is 0 Å². The van der Waals surface area contributed by atoms with E-state index in [1.807, 2.05) is 30.3 Å². The van der Waals surface area contributed by atoms with Crippen molar-refractivity contribution in [1.29, 1.82) is 0 Å². The molecule has 0 saturated heterocycles. The average molecular weight is 331 g/mol. The van der Waals surface area contributed by atoms with Crippen molar-refractivity contribution in [2.75, 3.05) is 12.0 Å². The maximum atomic E-state index is 12.8. The zero-order valence-corrected chi connectivity index (χ0v) is 13.4. The van der Waals surface area contributed by atoms with Crippen molar-refractivity contribution in [1.82, 2.24) is 0 Å². The van der Waals surface area contributed by atoms with E-state index >= 15 is 0 Å². The Balaban J connectivity index is 1.79. The lowest BCUT2D eigenvalue weighted by molar-refractivity contribution is 0.0600. The van der Waals surface area contributed by atoms with E-state index in [9.17, 15) is 14.4 Å². The molecule has 25 heavy (non-hydrogen) atoms. The van der Waals surface area contributed by atoms with E-state index in [1.165, 1.54) is 25.3 Å². The molecule has 0 radical (unpaired) electrons. The van der Waals surface area contributed by atoms with Gasteiger partial charge < -0.3 is 4.74 Å². The van der Waals surface area contributed by atoms with E-state index in [0.717, 1.165) is 15.7 Å². The Kier molecular flexibility index (Phi) is 3.35. The van der Waals surface area contributed by atoms with Crippen molar-refractivity contribution in [3.63, 3.8) is 0 Å².